The summed E-state index contributed by atoms with van der Waals surface area (Å²) in [4.78, 5) is 4.32. The molecule has 3 aromatic rings. The van der Waals surface area contributed by atoms with E-state index < -0.39 is 0 Å². The number of fused-ring (bicyclic) bond motifs is 1. The number of benzene rings is 2. The molecule has 3 rings (SSSR count). The number of alkyl halides is 1. The second kappa shape index (κ2) is 5.59. The van der Waals surface area contributed by atoms with Crippen molar-refractivity contribution in [1.82, 2.24) is 4.98 Å². The number of hydrogen-bond donors (Lipinski definition) is 0. The van der Waals surface area contributed by atoms with E-state index in [1.165, 1.54) is 6.07 Å². The normalized spacial score (nSPS) is 10.7. The largest absolute Gasteiger partial charge is 0.455 e. The van der Waals surface area contributed by atoms with Gasteiger partial charge in [0, 0.05) is 22.5 Å². The highest BCUT2D eigenvalue weighted by Gasteiger charge is 2.11. The maximum atomic E-state index is 13.7. The zero-order valence-electron chi connectivity index (χ0n) is 10.5. The number of nitrogens with zero attached hydrogens (tertiary/aromatic N) is 1. The Hall–Kier alpha value is -1.94. The van der Waals surface area contributed by atoms with Gasteiger partial charge in [0.25, 0.3) is 0 Å². The topological polar surface area (TPSA) is 22.1 Å². The molecule has 0 unspecified atom stereocenters. The summed E-state index contributed by atoms with van der Waals surface area (Å²) in [7, 11) is 0. The van der Waals surface area contributed by atoms with Crippen LogP contribution in [0.1, 0.15) is 5.56 Å². The molecule has 0 saturated carbocycles. The molecule has 0 spiro atoms. The highest BCUT2D eigenvalue weighted by Crippen LogP contribution is 2.32. The Morgan fingerprint density at radius 1 is 1.00 bits per heavy atom. The third kappa shape index (κ3) is 2.39. The number of ether oxygens (including phenoxy) is 1. The van der Waals surface area contributed by atoms with Crippen molar-refractivity contribution in [3.05, 3.63) is 66.1 Å². The smallest absolute Gasteiger partial charge is 0.153 e. The molecule has 20 heavy (non-hydrogen) atoms. The van der Waals surface area contributed by atoms with E-state index in [1.54, 1.807) is 18.3 Å². The van der Waals surface area contributed by atoms with Crippen LogP contribution in [0.4, 0.5) is 4.39 Å². The van der Waals surface area contributed by atoms with Gasteiger partial charge in [-0.3, -0.25) is 4.98 Å². The minimum absolute atomic E-state index is 0.285. The van der Waals surface area contributed by atoms with Gasteiger partial charge in [0.1, 0.15) is 17.1 Å². The van der Waals surface area contributed by atoms with Crippen LogP contribution in [0, 0.1) is 5.82 Å². The Labute approximate surface area is 124 Å². The van der Waals surface area contributed by atoms with Crippen LogP contribution >= 0.6 is 15.9 Å². The molecule has 0 N–H and O–H groups in total. The van der Waals surface area contributed by atoms with Crippen LogP contribution < -0.4 is 4.74 Å². The van der Waals surface area contributed by atoms with Crippen LogP contribution in [0.25, 0.3) is 10.9 Å². The van der Waals surface area contributed by atoms with Gasteiger partial charge in [-0.25, -0.2) is 4.39 Å². The lowest BCUT2D eigenvalue weighted by molar-refractivity contribution is 0.475. The molecule has 0 radical (unpaired) electrons. The van der Waals surface area contributed by atoms with Crippen LogP contribution in [-0.4, -0.2) is 4.98 Å². The molecule has 2 nitrogen and oxygen atoms in total. The average Bonchev–Trinajstić information content (AvgIpc) is 2.48. The van der Waals surface area contributed by atoms with Crippen molar-refractivity contribution in [2.45, 2.75) is 5.33 Å². The van der Waals surface area contributed by atoms with Crippen molar-refractivity contribution in [2.75, 3.05) is 0 Å². The fraction of sp³-hybridized carbons (Fsp3) is 0.0625. The predicted molar refractivity (Wildman–Crippen MR) is 80.8 cm³/mol. The van der Waals surface area contributed by atoms with E-state index in [-0.39, 0.29) is 5.82 Å². The Kier molecular flexibility index (Phi) is 3.65. The fourth-order valence-corrected chi connectivity index (χ4v) is 2.59. The molecule has 4 heteroatoms. The highest BCUT2D eigenvalue weighted by atomic mass is 79.9. The number of hydrogen-bond acceptors (Lipinski definition) is 2. The van der Waals surface area contributed by atoms with Gasteiger partial charge in [-0.15, -0.1) is 0 Å². The number of para-hydroxylation sites is 1. The minimum atomic E-state index is -0.285. The Balaban J connectivity index is 2.08. The first kappa shape index (κ1) is 13.1. The number of aromatic nitrogens is 1. The van der Waals surface area contributed by atoms with E-state index in [0.29, 0.717) is 22.4 Å². The molecule has 0 aliphatic heterocycles. The van der Waals surface area contributed by atoms with E-state index in [9.17, 15) is 4.39 Å². The van der Waals surface area contributed by atoms with Gasteiger partial charge >= 0.3 is 0 Å². The lowest BCUT2D eigenvalue weighted by atomic mass is 10.2. The SMILES string of the molecule is Fc1cccc(Oc2cccc3cccnc23)c1CBr. The van der Waals surface area contributed by atoms with Crippen molar-refractivity contribution in [2.24, 2.45) is 0 Å². The average molecular weight is 332 g/mol. The van der Waals surface area contributed by atoms with Crippen LogP contribution in [-0.2, 0) is 5.33 Å². The van der Waals surface area contributed by atoms with Crippen molar-refractivity contribution < 1.29 is 9.13 Å². The summed E-state index contributed by atoms with van der Waals surface area (Å²) < 4.78 is 19.6. The van der Waals surface area contributed by atoms with Crippen molar-refractivity contribution in [3.8, 4) is 11.5 Å². The van der Waals surface area contributed by atoms with Crippen LogP contribution in [0.15, 0.2) is 54.7 Å². The van der Waals surface area contributed by atoms with E-state index in [1.807, 2.05) is 30.3 Å². The van der Waals surface area contributed by atoms with Crippen LogP contribution in [0.5, 0.6) is 11.5 Å². The van der Waals surface area contributed by atoms with Crippen molar-refractivity contribution >= 4 is 26.8 Å². The quantitative estimate of drug-likeness (QED) is 0.626. The molecule has 0 saturated heterocycles. The van der Waals surface area contributed by atoms with Gasteiger partial charge in [0.2, 0.25) is 0 Å². The summed E-state index contributed by atoms with van der Waals surface area (Å²) in [5.41, 5.74) is 1.26. The van der Waals surface area contributed by atoms with Gasteiger partial charge in [-0.1, -0.05) is 40.2 Å². The molecule has 0 fully saturated rings. The predicted octanol–water partition coefficient (Wildman–Crippen LogP) is 5.06. The Morgan fingerprint density at radius 2 is 1.75 bits per heavy atom. The lowest BCUT2D eigenvalue weighted by Crippen LogP contribution is -1.94. The van der Waals surface area contributed by atoms with E-state index >= 15 is 0 Å². The molecular formula is C16H11BrFNO. The summed E-state index contributed by atoms with van der Waals surface area (Å²) in [6, 6.07) is 14.3. The number of halogens is 2. The highest BCUT2D eigenvalue weighted by molar-refractivity contribution is 9.08. The zero-order chi connectivity index (χ0) is 13.9. The van der Waals surface area contributed by atoms with Gasteiger partial charge in [0.15, 0.2) is 5.75 Å². The fourth-order valence-electron chi connectivity index (χ4n) is 2.04. The summed E-state index contributed by atoms with van der Waals surface area (Å²) in [6.07, 6.45) is 1.71. The minimum Gasteiger partial charge on any atom is -0.455 e. The second-order valence-electron chi connectivity index (χ2n) is 4.28. The maximum Gasteiger partial charge on any atom is 0.153 e. The molecular weight excluding hydrogens is 321 g/mol. The van der Waals surface area contributed by atoms with E-state index in [0.717, 1.165) is 10.9 Å². The molecule has 2 aromatic carbocycles. The molecule has 0 aliphatic carbocycles. The monoisotopic (exact) mass is 331 g/mol. The zero-order valence-corrected chi connectivity index (χ0v) is 12.1. The summed E-state index contributed by atoms with van der Waals surface area (Å²) in [6.45, 7) is 0. The maximum absolute atomic E-state index is 13.7. The van der Waals surface area contributed by atoms with Gasteiger partial charge in [-0.05, 0) is 24.3 Å². The van der Waals surface area contributed by atoms with E-state index in [4.69, 9.17) is 4.74 Å². The molecule has 1 aromatic heterocycles. The van der Waals surface area contributed by atoms with Crippen molar-refractivity contribution in [1.29, 1.82) is 0 Å². The third-order valence-electron chi connectivity index (χ3n) is 3.03. The third-order valence-corrected chi connectivity index (χ3v) is 3.59. The molecule has 1 heterocycles. The number of rotatable bonds is 3. The van der Waals surface area contributed by atoms with Crippen molar-refractivity contribution in [3.63, 3.8) is 0 Å². The summed E-state index contributed by atoms with van der Waals surface area (Å²) >= 11 is 3.29. The van der Waals surface area contributed by atoms with Gasteiger partial charge in [0.05, 0.1) is 0 Å². The second-order valence-corrected chi connectivity index (χ2v) is 4.84. The molecule has 100 valence electrons. The van der Waals surface area contributed by atoms with Gasteiger partial charge in [-0.2, -0.15) is 0 Å². The van der Waals surface area contributed by atoms with E-state index in [2.05, 4.69) is 20.9 Å². The number of pyridine rings is 1. The van der Waals surface area contributed by atoms with Gasteiger partial charge < -0.3 is 4.74 Å². The van der Waals surface area contributed by atoms with Crippen LogP contribution in [0.2, 0.25) is 0 Å². The first-order valence-electron chi connectivity index (χ1n) is 6.14. The standard InChI is InChI=1S/C16H11BrFNO/c17-10-12-13(18)6-2-7-14(12)20-15-8-1-4-11-5-3-9-19-16(11)15/h1-9H,10H2. The summed E-state index contributed by atoms with van der Waals surface area (Å²) in [5, 5.41) is 1.38. The summed E-state index contributed by atoms with van der Waals surface area (Å²) in [5.74, 6) is 0.837. The lowest BCUT2D eigenvalue weighted by Gasteiger charge is -2.11. The Bertz CT molecular complexity index is 755. The molecule has 0 amide bonds. The Morgan fingerprint density at radius 3 is 2.60 bits per heavy atom. The first-order chi connectivity index (χ1) is 9.79. The first-order valence-corrected chi connectivity index (χ1v) is 7.26. The van der Waals surface area contributed by atoms with Crippen LogP contribution in [0.3, 0.4) is 0 Å². The molecule has 0 bridgehead atoms. The molecule has 0 aliphatic rings. The molecule has 0 atom stereocenters.